The third-order valence-electron chi connectivity index (χ3n) is 3.89. The molecule has 2 aromatic carbocycles. The first kappa shape index (κ1) is 17.2. The first-order valence-electron chi connectivity index (χ1n) is 7.92. The summed E-state index contributed by atoms with van der Waals surface area (Å²) in [5.74, 6) is 0.317. The minimum atomic E-state index is -0.415. The van der Waals surface area contributed by atoms with Gasteiger partial charge in [-0.3, -0.25) is 10.1 Å². The minimum Gasteiger partial charge on any atom is -0.354 e. The molecule has 0 unspecified atom stereocenters. The first-order chi connectivity index (χ1) is 12.0. The highest BCUT2D eigenvalue weighted by atomic mass is 32.2. The molecule has 5 nitrogen and oxygen atoms in total. The fourth-order valence-corrected chi connectivity index (χ4v) is 3.87. The SMILES string of the molecule is Cc1cccc([C@H](Cc2onc(C)c2[N+](=O)[O-])Sc2ccccc2)c1. The van der Waals surface area contributed by atoms with Crippen molar-refractivity contribution in [1.82, 2.24) is 5.16 Å². The summed E-state index contributed by atoms with van der Waals surface area (Å²) in [4.78, 5) is 12.0. The fourth-order valence-electron chi connectivity index (χ4n) is 2.71. The van der Waals surface area contributed by atoms with E-state index < -0.39 is 4.92 Å². The number of nitrogens with zero attached hydrogens (tertiary/aromatic N) is 2. The van der Waals surface area contributed by atoms with Gasteiger partial charge >= 0.3 is 5.69 Å². The Morgan fingerprint density at radius 2 is 1.92 bits per heavy atom. The summed E-state index contributed by atoms with van der Waals surface area (Å²) >= 11 is 1.66. The van der Waals surface area contributed by atoms with E-state index in [1.807, 2.05) is 55.5 Å². The van der Waals surface area contributed by atoms with Crippen LogP contribution in [0.3, 0.4) is 0 Å². The normalized spacial score (nSPS) is 12.1. The summed E-state index contributed by atoms with van der Waals surface area (Å²) in [6, 6.07) is 18.2. The van der Waals surface area contributed by atoms with Gasteiger partial charge in [0.2, 0.25) is 5.76 Å². The predicted molar refractivity (Wildman–Crippen MR) is 97.8 cm³/mol. The molecule has 1 atom stereocenters. The monoisotopic (exact) mass is 354 g/mol. The number of hydrogen-bond donors (Lipinski definition) is 0. The summed E-state index contributed by atoms with van der Waals surface area (Å²) in [6.45, 7) is 3.63. The topological polar surface area (TPSA) is 69.2 Å². The zero-order valence-corrected chi connectivity index (χ0v) is 14.8. The summed E-state index contributed by atoms with van der Waals surface area (Å²) in [6.07, 6.45) is 0.403. The molecule has 0 amide bonds. The number of hydrogen-bond acceptors (Lipinski definition) is 5. The van der Waals surface area contributed by atoms with E-state index in [0.717, 1.165) is 16.0 Å². The Kier molecular flexibility index (Phi) is 5.19. The molecule has 0 saturated carbocycles. The Bertz CT molecular complexity index is 877. The van der Waals surface area contributed by atoms with E-state index in [-0.39, 0.29) is 10.9 Å². The lowest BCUT2D eigenvalue weighted by Gasteiger charge is -2.16. The molecule has 0 fully saturated rings. The second-order valence-corrected chi connectivity index (χ2v) is 7.11. The van der Waals surface area contributed by atoms with E-state index in [2.05, 4.69) is 11.2 Å². The van der Waals surface area contributed by atoms with Gasteiger partial charge in [0, 0.05) is 16.6 Å². The predicted octanol–water partition coefficient (Wildman–Crippen LogP) is 5.28. The van der Waals surface area contributed by atoms with E-state index >= 15 is 0 Å². The van der Waals surface area contributed by atoms with Crippen LogP contribution < -0.4 is 0 Å². The number of thioether (sulfide) groups is 1. The molecule has 0 N–H and O–H groups in total. The Labute approximate surface area is 150 Å². The largest absolute Gasteiger partial charge is 0.354 e. The zero-order valence-electron chi connectivity index (χ0n) is 14.0. The van der Waals surface area contributed by atoms with E-state index in [0.29, 0.717) is 17.9 Å². The van der Waals surface area contributed by atoms with Crippen LogP contribution in [0.2, 0.25) is 0 Å². The highest BCUT2D eigenvalue weighted by Crippen LogP contribution is 2.40. The lowest BCUT2D eigenvalue weighted by Crippen LogP contribution is -2.02. The Hall–Kier alpha value is -2.60. The smallest absolute Gasteiger partial charge is 0.334 e. The van der Waals surface area contributed by atoms with Crippen LogP contribution in [0.15, 0.2) is 64.0 Å². The zero-order chi connectivity index (χ0) is 17.8. The van der Waals surface area contributed by atoms with Crippen molar-refractivity contribution in [2.24, 2.45) is 0 Å². The minimum absolute atomic E-state index is 0.00616. The molecule has 3 aromatic rings. The standard InChI is InChI=1S/C19H18N2O3S/c1-13-7-6-8-15(11-13)18(25-16-9-4-3-5-10-16)12-17-19(21(22)23)14(2)20-24-17/h3-11,18H,12H2,1-2H3/t18-/m0/s1. The summed E-state index contributed by atoms with van der Waals surface area (Å²) in [7, 11) is 0. The van der Waals surface area contributed by atoms with Crippen molar-refractivity contribution >= 4 is 17.4 Å². The van der Waals surface area contributed by atoms with Crippen LogP contribution in [0, 0.1) is 24.0 Å². The highest BCUT2D eigenvalue weighted by molar-refractivity contribution is 7.99. The Balaban J connectivity index is 1.95. The summed E-state index contributed by atoms with van der Waals surface area (Å²) in [5, 5.41) is 15.1. The molecule has 1 heterocycles. The molecule has 0 aliphatic heterocycles. The van der Waals surface area contributed by atoms with Gasteiger partial charge in [-0.25, -0.2) is 0 Å². The molecule has 25 heavy (non-hydrogen) atoms. The molecule has 0 saturated heterocycles. The highest BCUT2D eigenvalue weighted by Gasteiger charge is 2.27. The van der Waals surface area contributed by atoms with Crippen LogP contribution in [0.4, 0.5) is 5.69 Å². The third-order valence-corrected chi connectivity index (χ3v) is 5.16. The first-order valence-corrected chi connectivity index (χ1v) is 8.80. The van der Waals surface area contributed by atoms with Gasteiger partial charge in [-0.1, -0.05) is 53.2 Å². The van der Waals surface area contributed by atoms with Gasteiger partial charge in [-0.15, -0.1) is 11.8 Å². The van der Waals surface area contributed by atoms with Crippen molar-refractivity contribution in [3.63, 3.8) is 0 Å². The molecule has 0 bridgehead atoms. The fraction of sp³-hybridized carbons (Fsp3) is 0.211. The van der Waals surface area contributed by atoms with Crippen molar-refractivity contribution in [2.75, 3.05) is 0 Å². The molecule has 0 aliphatic rings. The maximum absolute atomic E-state index is 11.3. The van der Waals surface area contributed by atoms with Gasteiger partial charge < -0.3 is 4.52 Å². The second-order valence-electron chi connectivity index (χ2n) is 5.83. The van der Waals surface area contributed by atoms with Gasteiger partial charge in [-0.05, 0) is 31.5 Å². The van der Waals surface area contributed by atoms with E-state index in [4.69, 9.17) is 4.52 Å². The van der Waals surface area contributed by atoms with Crippen LogP contribution in [-0.4, -0.2) is 10.1 Å². The Morgan fingerprint density at radius 1 is 1.16 bits per heavy atom. The Morgan fingerprint density at radius 3 is 2.60 bits per heavy atom. The van der Waals surface area contributed by atoms with Crippen molar-refractivity contribution in [3.05, 3.63) is 87.3 Å². The molecule has 6 heteroatoms. The van der Waals surface area contributed by atoms with Crippen molar-refractivity contribution in [1.29, 1.82) is 0 Å². The van der Waals surface area contributed by atoms with Gasteiger partial charge in [0.25, 0.3) is 0 Å². The van der Waals surface area contributed by atoms with Crippen molar-refractivity contribution in [2.45, 2.75) is 30.4 Å². The van der Waals surface area contributed by atoms with Gasteiger partial charge in [-0.2, -0.15) is 0 Å². The van der Waals surface area contributed by atoms with Crippen molar-refractivity contribution in [3.8, 4) is 0 Å². The molecular weight excluding hydrogens is 336 g/mol. The maximum Gasteiger partial charge on any atom is 0.334 e. The average molecular weight is 354 g/mol. The van der Waals surface area contributed by atoms with E-state index in [1.165, 1.54) is 0 Å². The summed E-state index contributed by atoms with van der Waals surface area (Å²) in [5.41, 5.74) is 2.55. The van der Waals surface area contributed by atoms with Gasteiger partial charge in [0.1, 0.15) is 0 Å². The molecular formula is C19H18N2O3S. The average Bonchev–Trinajstić information content (AvgIpc) is 2.96. The molecule has 0 aliphatic carbocycles. The number of benzene rings is 2. The van der Waals surface area contributed by atoms with Gasteiger partial charge in [0.05, 0.1) is 4.92 Å². The molecule has 1 aromatic heterocycles. The number of aromatic nitrogens is 1. The van der Waals surface area contributed by atoms with Crippen LogP contribution in [0.5, 0.6) is 0 Å². The van der Waals surface area contributed by atoms with Crippen LogP contribution in [-0.2, 0) is 6.42 Å². The second kappa shape index (κ2) is 7.53. The van der Waals surface area contributed by atoms with Crippen LogP contribution in [0.1, 0.15) is 27.8 Å². The quantitative estimate of drug-likeness (QED) is 0.342. The molecule has 128 valence electrons. The number of nitro groups is 1. The van der Waals surface area contributed by atoms with E-state index in [1.54, 1.807) is 18.7 Å². The van der Waals surface area contributed by atoms with Gasteiger partial charge in [0.15, 0.2) is 5.69 Å². The van der Waals surface area contributed by atoms with Crippen LogP contribution in [0.25, 0.3) is 0 Å². The summed E-state index contributed by atoms with van der Waals surface area (Å²) < 4.78 is 5.27. The lowest BCUT2D eigenvalue weighted by molar-refractivity contribution is -0.386. The molecule has 0 radical (unpaired) electrons. The molecule has 3 rings (SSSR count). The maximum atomic E-state index is 11.3. The number of rotatable bonds is 6. The molecule has 0 spiro atoms. The van der Waals surface area contributed by atoms with Crippen LogP contribution >= 0.6 is 11.8 Å². The van der Waals surface area contributed by atoms with Crippen molar-refractivity contribution < 1.29 is 9.45 Å². The lowest BCUT2D eigenvalue weighted by atomic mass is 10.0. The number of aryl methyl sites for hydroxylation is 2. The van der Waals surface area contributed by atoms with E-state index in [9.17, 15) is 10.1 Å². The third kappa shape index (κ3) is 4.09.